The van der Waals surface area contributed by atoms with Crippen LogP contribution in [0.4, 0.5) is 0 Å². The summed E-state index contributed by atoms with van der Waals surface area (Å²) in [6, 6.07) is 22.7. The predicted molar refractivity (Wildman–Crippen MR) is 157 cm³/mol. The van der Waals surface area contributed by atoms with Crippen LogP contribution in [-0.4, -0.2) is 65.8 Å². The van der Waals surface area contributed by atoms with E-state index in [0.717, 1.165) is 27.6 Å². The van der Waals surface area contributed by atoms with Gasteiger partial charge in [-0.15, -0.1) is 0 Å². The third-order valence-corrected chi connectivity index (χ3v) is 7.29. The average Bonchev–Trinajstić information content (AvgIpc) is 3.41. The van der Waals surface area contributed by atoms with E-state index in [9.17, 15) is 19.2 Å². The molecule has 1 aliphatic rings. The number of amides is 4. The summed E-state index contributed by atoms with van der Waals surface area (Å²) in [5.74, 6) is -0.962. The number of hydrogen-bond acceptors (Lipinski definition) is 5. The summed E-state index contributed by atoms with van der Waals surface area (Å²) in [6.07, 6.45) is 2.36. The summed E-state index contributed by atoms with van der Waals surface area (Å²) in [7, 11) is 1.56. The lowest BCUT2D eigenvalue weighted by Crippen LogP contribution is -2.61. The summed E-state index contributed by atoms with van der Waals surface area (Å²) < 4.78 is 5.39. The molecule has 0 bridgehead atoms. The molecule has 10 heteroatoms. The van der Waals surface area contributed by atoms with Gasteiger partial charge in [0.15, 0.2) is 0 Å². The zero-order valence-corrected chi connectivity index (χ0v) is 23.3. The monoisotopic (exact) mass is 567 g/mol. The van der Waals surface area contributed by atoms with E-state index in [1.54, 1.807) is 7.11 Å². The van der Waals surface area contributed by atoms with Crippen LogP contribution < -0.4 is 20.7 Å². The number of H-pyrrole nitrogens is 1. The fraction of sp³-hybridized carbons (Fsp3) is 0.250. The lowest BCUT2D eigenvalue weighted by molar-refractivity contribution is -0.146. The van der Waals surface area contributed by atoms with Crippen molar-refractivity contribution >= 4 is 34.5 Å². The van der Waals surface area contributed by atoms with Crippen molar-refractivity contribution in [1.29, 1.82) is 0 Å². The molecule has 0 saturated carbocycles. The van der Waals surface area contributed by atoms with E-state index in [2.05, 4.69) is 20.9 Å². The van der Waals surface area contributed by atoms with Gasteiger partial charge in [0.2, 0.25) is 23.6 Å². The number of hydrogen-bond donors (Lipinski definition) is 4. The van der Waals surface area contributed by atoms with Gasteiger partial charge in [0.25, 0.3) is 0 Å². The lowest BCUT2D eigenvalue weighted by atomic mass is 10.0. The van der Waals surface area contributed by atoms with Crippen molar-refractivity contribution in [2.75, 3.05) is 20.2 Å². The topological polar surface area (TPSA) is 133 Å². The highest BCUT2D eigenvalue weighted by Crippen LogP contribution is 2.20. The molecule has 216 valence electrons. The van der Waals surface area contributed by atoms with Crippen molar-refractivity contribution in [2.45, 2.75) is 31.5 Å². The molecule has 10 nitrogen and oxygen atoms in total. The first kappa shape index (κ1) is 28.4. The molecule has 3 aromatic carbocycles. The second-order valence-corrected chi connectivity index (χ2v) is 10.2. The Balaban J connectivity index is 1.29. The average molecular weight is 568 g/mol. The number of aromatic nitrogens is 1. The van der Waals surface area contributed by atoms with E-state index in [-0.39, 0.29) is 43.8 Å². The standard InChI is InChI=1S/C32H33N5O5/c1-42-28-14-8-5-11-22(28)17-34-31(40)26(16-23-18-33-25-13-7-6-12-24(23)25)35-29(38)19-37-20-30(39)36-27(32(37)41)15-21-9-3-2-4-10-21/h2-14,18,26-27,33H,15-17,19-20H2,1H3,(H,34,40)(H,35,38)(H,36,39). The summed E-state index contributed by atoms with van der Waals surface area (Å²) in [5.41, 5.74) is 3.47. The Kier molecular flexibility index (Phi) is 8.81. The fourth-order valence-electron chi connectivity index (χ4n) is 5.19. The van der Waals surface area contributed by atoms with Gasteiger partial charge in [0.05, 0.1) is 7.11 Å². The molecule has 1 aromatic heterocycles. The van der Waals surface area contributed by atoms with Crippen LogP contribution in [0, 0.1) is 0 Å². The largest absolute Gasteiger partial charge is 0.496 e. The maximum Gasteiger partial charge on any atom is 0.246 e. The Morgan fingerprint density at radius 2 is 1.71 bits per heavy atom. The van der Waals surface area contributed by atoms with Crippen LogP contribution in [0.3, 0.4) is 0 Å². The van der Waals surface area contributed by atoms with E-state index >= 15 is 0 Å². The lowest BCUT2D eigenvalue weighted by Gasteiger charge is -2.32. The molecule has 0 radical (unpaired) electrons. The molecule has 4 amide bonds. The number of carbonyl (C=O) groups is 4. The predicted octanol–water partition coefficient (Wildman–Crippen LogP) is 2.09. The van der Waals surface area contributed by atoms with Gasteiger partial charge in [0, 0.05) is 42.0 Å². The number of rotatable bonds is 11. The minimum absolute atomic E-state index is 0.203. The van der Waals surface area contributed by atoms with Crippen molar-refractivity contribution < 1.29 is 23.9 Å². The molecule has 0 aliphatic carbocycles. The second kappa shape index (κ2) is 13.0. The molecule has 4 N–H and O–H groups in total. The molecule has 2 heterocycles. The highest BCUT2D eigenvalue weighted by atomic mass is 16.5. The first-order valence-electron chi connectivity index (χ1n) is 13.8. The van der Waals surface area contributed by atoms with Crippen molar-refractivity contribution in [3.05, 3.63) is 102 Å². The number of piperazine rings is 1. The van der Waals surface area contributed by atoms with Gasteiger partial charge in [-0.1, -0.05) is 66.7 Å². The van der Waals surface area contributed by atoms with Gasteiger partial charge in [0.1, 0.15) is 30.9 Å². The SMILES string of the molecule is COc1ccccc1CNC(=O)C(Cc1c[nH]c2ccccc12)NC(=O)CN1CC(=O)NC(Cc2ccccc2)C1=O. The molecule has 5 rings (SSSR count). The molecule has 2 unspecified atom stereocenters. The molecule has 1 saturated heterocycles. The van der Waals surface area contributed by atoms with Crippen molar-refractivity contribution in [2.24, 2.45) is 0 Å². The molecule has 4 aromatic rings. The Labute approximate surface area is 243 Å². The normalized spacial score (nSPS) is 15.6. The van der Waals surface area contributed by atoms with Crippen LogP contribution in [0.5, 0.6) is 5.75 Å². The van der Waals surface area contributed by atoms with Crippen molar-refractivity contribution in [1.82, 2.24) is 25.8 Å². The molecular formula is C32H33N5O5. The maximum absolute atomic E-state index is 13.5. The van der Waals surface area contributed by atoms with Gasteiger partial charge >= 0.3 is 0 Å². The third kappa shape index (κ3) is 6.77. The second-order valence-electron chi connectivity index (χ2n) is 10.2. The van der Waals surface area contributed by atoms with Crippen molar-refractivity contribution in [3.8, 4) is 5.75 Å². The fourth-order valence-corrected chi connectivity index (χ4v) is 5.19. The Bertz CT molecular complexity index is 1580. The van der Waals surface area contributed by atoms with E-state index in [4.69, 9.17) is 4.74 Å². The van der Waals surface area contributed by atoms with Crippen molar-refractivity contribution in [3.63, 3.8) is 0 Å². The first-order chi connectivity index (χ1) is 20.4. The van der Waals surface area contributed by atoms with E-state index in [1.165, 1.54) is 4.90 Å². The van der Waals surface area contributed by atoms with Gasteiger partial charge in [-0.05, 0) is 23.3 Å². The minimum Gasteiger partial charge on any atom is -0.496 e. The van der Waals surface area contributed by atoms with E-state index < -0.39 is 18.0 Å². The highest BCUT2D eigenvalue weighted by Gasteiger charge is 2.34. The number of nitrogens with one attached hydrogen (secondary N) is 4. The number of aromatic amines is 1. The van der Waals surface area contributed by atoms with Gasteiger partial charge in [-0.25, -0.2) is 0 Å². The van der Waals surface area contributed by atoms with Crippen LogP contribution in [0.15, 0.2) is 85.1 Å². The molecule has 0 spiro atoms. The first-order valence-corrected chi connectivity index (χ1v) is 13.8. The zero-order valence-electron chi connectivity index (χ0n) is 23.3. The number of benzene rings is 3. The number of methoxy groups -OCH3 is 1. The van der Waals surface area contributed by atoms with Crippen LogP contribution in [0.2, 0.25) is 0 Å². The molecule has 42 heavy (non-hydrogen) atoms. The summed E-state index contributed by atoms with van der Waals surface area (Å²) >= 11 is 0. The Morgan fingerprint density at radius 3 is 2.52 bits per heavy atom. The number of ether oxygens (including phenoxy) is 1. The number of fused-ring (bicyclic) bond motifs is 1. The Hall–Kier alpha value is -5.12. The van der Waals surface area contributed by atoms with Crippen LogP contribution in [0.1, 0.15) is 16.7 Å². The minimum atomic E-state index is -0.930. The summed E-state index contributed by atoms with van der Waals surface area (Å²) in [6.45, 7) is -0.374. The van der Waals surface area contributed by atoms with E-state index in [1.807, 2.05) is 85.1 Å². The summed E-state index contributed by atoms with van der Waals surface area (Å²) in [4.78, 5) is 56.8. The van der Waals surface area contributed by atoms with Gasteiger partial charge < -0.3 is 30.6 Å². The van der Waals surface area contributed by atoms with E-state index in [0.29, 0.717) is 12.2 Å². The highest BCUT2D eigenvalue weighted by molar-refractivity contribution is 5.98. The van der Waals surface area contributed by atoms with Crippen LogP contribution in [0.25, 0.3) is 10.9 Å². The quantitative estimate of drug-likeness (QED) is 0.220. The molecule has 1 fully saturated rings. The third-order valence-electron chi connectivity index (χ3n) is 7.29. The van der Waals surface area contributed by atoms with Crippen LogP contribution >= 0.6 is 0 Å². The summed E-state index contributed by atoms with van der Waals surface area (Å²) in [5, 5.41) is 9.39. The zero-order chi connectivity index (χ0) is 29.5. The van der Waals surface area contributed by atoms with Crippen LogP contribution in [-0.2, 0) is 38.6 Å². The van der Waals surface area contributed by atoms with Gasteiger partial charge in [-0.2, -0.15) is 0 Å². The van der Waals surface area contributed by atoms with Gasteiger partial charge in [-0.3, -0.25) is 19.2 Å². The maximum atomic E-state index is 13.5. The molecule has 2 atom stereocenters. The molecular weight excluding hydrogens is 534 g/mol. The number of nitrogens with zero attached hydrogens (tertiary/aromatic N) is 1. The molecule has 1 aliphatic heterocycles. The number of carbonyl (C=O) groups excluding carboxylic acids is 4. The smallest absolute Gasteiger partial charge is 0.246 e. The number of para-hydroxylation sites is 2. The Morgan fingerprint density at radius 1 is 0.976 bits per heavy atom.